The molecule has 0 bridgehead atoms. The van der Waals surface area contributed by atoms with Gasteiger partial charge in [0.05, 0.1) is 0 Å². The molecule has 1 heterocycles. The molecule has 1 aliphatic carbocycles. The molecule has 0 aromatic rings. The van der Waals surface area contributed by atoms with Crippen molar-refractivity contribution in [2.45, 2.75) is 58.8 Å². The van der Waals surface area contributed by atoms with E-state index in [4.69, 9.17) is 0 Å². The monoisotopic (exact) mass is 237 g/mol. The topological polar surface area (TPSA) is 20.3 Å². The number of hydrogen-bond donors (Lipinski definition) is 0. The number of likely N-dealkylation sites (tertiary alicyclic amines) is 1. The molecule has 0 aromatic carbocycles. The van der Waals surface area contributed by atoms with E-state index in [1.165, 1.54) is 32.1 Å². The lowest BCUT2D eigenvalue weighted by atomic mass is 9.84. The van der Waals surface area contributed by atoms with E-state index in [9.17, 15) is 4.79 Å². The Morgan fingerprint density at radius 1 is 1.18 bits per heavy atom. The Labute approximate surface area is 106 Å². The van der Waals surface area contributed by atoms with Crippen LogP contribution in [-0.2, 0) is 4.79 Å². The first-order valence-corrected chi connectivity index (χ1v) is 7.51. The van der Waals surface area contributed by atoms with Gasteiger partial charge >= 0.3 is 0 Å². The number of amides is 1. The van der Waals surface area contributed by atoms with Crippen LogP contribution in [0.5, 0.6) is 0 Å². The lowest BCUT2D eigenvalue weighted by Gasteiger charge is -2.35. The summed E-state index contributed by atoms with van der Waals surface area (Å²) in [6.07, 6.45) is 8.55. The maximum absolute atomic E-state index is 12.3. The van der Waals surface area contributed by atoms with Gasteiger partial charge in [0.25, 0.3) is 0 Å². The van der Waals surface area contributed by atoms with Gasteiger partial charge in [-0.25, -0.2) is 0 Å². The Kier molecular flexibility index (Phi) is 4.47. The molecule has 0 spiro atoms. The lowest BCUT2D eigenvalue weighted by molar-refractivity contribution is -0.137. The molecular formula is C15H27NO. The molecule has 1 saturated carbocycles. The van der Waals surface area contributed by atoms with Crippen LogP contribution in [-0.4, -0.2) is 23.9 Å². The average molecular weight is 237 g/mol. The third kappa shape index (κ3) is 3.02. The van der Waals surface area contributed by atoms with Gasteiger partial charge in [-0.05, 0) is 37.5 Å². The second-order valence-corrected chi connectivity index (χ2v) is 6.03. The Hall–Kier alpha value is -0.530. The number of hydrogen-bond acceptors (Lipinski definition) is 1. The predicted molar refractivity (Wildman–Crippen MR) is 70.7 cm³/mol. The summed E-state index contributed by atoms with van der Waals surface area (Å²) in [6.45, 7) is 6.68. The summed E-state index contributed by atoms with van der Waals surface area (Å²) in [4.78, 5) is 14.4. The van der Waals surface area contributed by atoms with Gasteiger partial charge in [0.2, 0.25) is 5.91 Å². The van der Waals surface area contributed by atoms with E-state index >= 15 is 0 Å². The van der Waals surface area contributed by atoms with Crippen molar-refractivity contribution in [3.8, 4) is 0 Å². The minimum atomic E-state index is 0.371. The molecule has 0 radical (unpaired) electrons. The summed E-state index contributed by atoms with van der Waals surface area (Å²) in [5.41, 5.74) is 0. The number of nitrogens with zero attached hydrogens (tertiary/aromatic N) is 1. The third-order valence-electron chi connectivity index (χ3n) is 5.00. The van der Waals surface area contributed by atoms with Crippen molar-refractivity contribution >= 4 is 5.91 Å². The van der Waals surface area contributed by atoms with Gasteiger partial charge in [-0.3, -0.25) is 4.79 Å². The fourth-order valence-electron chi connectivity index (χ4n) is 3.45. The van der Waals surface area contributed by atoms with Crippen molar-refractivity contribution in [1.29, 1.82) is 0 Å². The Morgan fingerprint density at radius 2 is 1.76 bits per heavy atom. The van der Waals surface area contributed by atoms with Crippen molar-refractivity contribution in [3.63, 3.8) is 0 Å². The molecule has 17 heavy (non-hydrogen) atoms. The van der Waals surface area contributed by atoms with Crippen molar-refractivity contribution in [1.82, 2.24) is 4.90 Å². The average Bonchev–Trinajstić information content (AvgIpc) is 2.91. The van der Waals surface area contributed by atoms with Gasteiger partial charge < -0.3 is 4.90 Å². The minimum absolute atomic E-state index is 0.371. The van der Waals surface area contributed by atoms with Crippen LogP contribution in [0.3, 0.4) is 0 Å². The molecule has 98 valence electrons. The summed E-state index contributed by atoms with van der Waals surface area (Å²) < 4.78 is 0. The van der Waals surface area contributed by atoms with Crippen molar-refractivity contribution < 1.29 is 4.79 Å². The molecule has 1 unspecified atom stereocenters. The van der Waals surface area contributed by atoms with Gasteiger partial charge in [0.15, 0.2) is 0 Å². The largest absolute Gasteiger partial charge is 0.342 e. The molecule has 0 N–H and O–H groups in total. The highest BCUT2D eigenvalue weighted by Gasteiger charge is 2.30. The Balaban J connectivity index is 1.80. The van der Waals surface area contributed by atoms with Gasteiger partial charge in [0.1, 0.15) is 0 Å². The van der Waals surface area contributed by atoms with Crippen LogP contribution >= 0.6 is 0 Å². The summed E-state index contributed by atoms with van der Waals surface area (Å²) >= 11 is 0. The molecule has 1 amide bonds. The van der Waals surface area contributed by atoms with Crippen molar-refractivity contribution in [3.05, 3.63) is 0 Å². The molecule has 1 saturated heterocycles. The number of carbonyl (C=O) groups is 1. The zero-order valence-electron chi connectivity index (χ0n) is 11.5. The van der Waals surface area contributed by atoms with E-state index in [1.807, 2.05) is 0 Å². The summed E-state index contributed by atoms with van der Waals surface area (Å²) in [7, 11) is 0. The van der Waals surface area contributed by atoms with E-state index in [2.05, 4.69) is 18.7 Å². The molecular weight excluding hydrogens is 210 g/mol. The lowest BCUT2D eigenvalue weighted by Crippen LogP contribution is -2.42. The molecule has 1 aliphatic heterocycles. The van der Waals surface area contributed by atoms with Crippen LogP contribution in [0.4, 0.5) is 0 Å². The van der Waals surface area contributed by atoms with Gasteiger partial charge in [-0.2, -0.15) is 0 Å². The van der Waals surface area contributed by atoms with E-state index in [0.717, 1.165) is 37.8 Å². The standard InChI is InChI=1S/C15H27NO/c1-3-12(2)13-8-10-16(11-9-13)15(17)14-6-4-5-7-14/h12-14H,3-11H2,1-2H3. The van der Waals surface area contributed by atoms with Gasteiger partial charge in [-0.15, -0.1) is 0 Å². The maximum Gasteiger partial charge on any atom is 0.225 e. The number of piperidine rings is 1. The quantitative estimate of drug-likeness (QED) is 0.736. The van der Waals surface area contributed by atoms with Crippen LogP contribution in [0.1, 0.15) is 58.8 Å². The summed E-state index contributed by atoms with van der Waals surface area (Å²) in [5, 5.41) is 0. The van der Waals surface area contributed by atoms with E-state index in [1.54, 1.807) is 0 Å². The smallest absolute Gasteiger partial charge is 0.225 e. The summed E-state index contributed by atoms with van der Waals surface area (Å²) in [5.74, 6) is 2.52. The highest BCUT2D eigenvalue weighted by molar-refractivity contribution is 5.79. The Morgan fingerprint density at radius 3 is 2.29 bits per heavy atom. The van der Waals surface area contributed by atoms with E-state index in [0.29, 0.717) is 11.8 Å². The van der Waals surface area contributed by atoms with Crippen LogP contribution < -0.4 is 0 Å². The third-order valence-corrected chi connectivity index (χ3v) is 5.00. The van der Waals surface area contributed by atoms with Gasteiger partial charge in [-0.1, -0.05) is 33.1 Å². The number of carbonyl (C=O) groups excluding carboxylic acids is 1. The van der Waals surface area contributed by atoms with Crippen LogP contribution in [0.25, 0.3) is 0 Å². The first kappa shape index (κ1) is 12.9. The highest BCUT2D eigenvalue weighted by atomic mass is 16.2. The predicted octanol–water partition coefficient (Wildman–Crippen LogP) is 3.46. The molecule has 2 nitrogen and oxygen atoms in total. The SMILES string of the molecule is CCC(C)C1CCN(C(=O)C2CCCC2)CC1. The first-order chi connectivity index (χ1) is 8.22. The molecule has 2 heteroatoms. The fourth-order valence-corrected chi connectivity index (χ4v) is 3.45. The number of rotatable bonds is 3. The Bertz CT molecular complexity index is 250. The molecule has 2 rings (SSSR count). The maximum atomic E-state index is 12.3. The van der Waals surface area contributed by atoms with Gasteiger partial charge in [0, 0.05) is 19.0 Å². The van der Waals surface area contributed by atoms with Crippen molar-refractivity contribution in [2.24, 2.45) is 17.8 Å². The normalized spacial score (nSPS) is 25.2. The van der Waals surface area contributed by atoms with E-state index in [-0.39, 0.29) is 0 Å². The molecule has 1 atom stereocenters. The molecule has 2 aliphatic rings. The zero-order chi connectivity index (χ0) is 12.3. The zero-order valence-corrected chi connectivity index (χ0v) is 11.5. The van der Waals surface area contributed by atoms with Crippen LogP contribution in [0.2, 0.25) is 0 Å². The minimum Gasteiger partial charge on any atom is -0.342 e. The van der Waals surface area contributed by atoms with Crippen LogP contribution in [0, 0.1) is 17.8 Å². The second kappa shape index (κ2) is 5.88. The van der Waals surface area contributed by atoms with Crippen molar-refractivity contribution in [2.75, 3.05) is 13.1 Å². The first-order valence-electron chi connectivity index (χ1n) is 7.51. The van der Waals surface area contributed by atoms with Crippen LogP contribution in [0.15, 0.2) is 0 Å². The fraction of sp³-hybridized carbons (Fsp3) is 0.933. The highest BCUT2D eigenvalue weighted by Crippen LogP contribution is 2.30. The molecule has 2 fully saturated rings. The second-order valence-electron chi connectivity index (χ2n) is 6.03. The van der Waals surface area contributed by atoms with E-state index < -0.39 is 0 Å². The molecule has 0 aromatic heterocycles. The summed E-state index contributed by atoms with van der Waals surface area (Å²) in [6, 6.07) is 0.